The molecule has 0 aromatic heterocycles. The summed E-state index contributed by atoms with van der Waals surface area (Å²) in [6, 6.07) is 15.0. The van der Waals surface area contributed by atoms with E-state index in [2.05, 4.69) is 5.92 Å². The van der Waals surface area contributed by atoms with Crippen LogP contribution in [0.4, 0.5) is 0 Å². The fourth-order valence-corrected chi connectivity index (χ4v) is 1.55. The van der Waals surface area contributed by atoms with Crippen molar-refractivity contribution in [1.82, 2.24) is 0 Å². The predicted molar refractivity (Wildman–Crippen MR) is 70.2 cm³/mol. The van der Waals surface area contributed by atoms with E-state index >= 15 is 0 Å². The van der Waals surface area contributed by atoms with Crippen LogP contribution in [0.5, 0.6) is 5.75 Å². The SMILES string of the molecule is C#Cc1cccc(OCc2ccc(Cl)cc2)c1. The number of terminal acetylenes is 1. The van der Waals surface area contributed by atoms with E-state index in [0.29, 0.717) is 6.61 Å². The summed E-state index contributed by atoms with van der Waals surface area (Å²) in [4.78, 5) is 0. The first-order valence-electron chi connectivity index (χ1n) is 5.22. The van der Waals surface area contributed by atoms with Crippen LogP contribution < -0.4 is 4.74 Å². The van der Waals surface area contributed by atoms with Gasteiger partial charge in [-0.3, -0.25) is 0 Å². The van der Waals surface area contributed by atoms with Crippen molar-refractivity contribution in [1.29, 1.82) is 0 Å². The number of hydrogen-bond donors (Lipinski definition) is 0. The Morgan fingerprint density at radius 3 is 2.59 bits per heavy atom. The summed E-state index contributed by atoms with van der Waals surface area (Å²) >= 11 is 5.81. The van der Waals surface area contributed by atoms with Crippen LogP contribution in [0.15, 0.2) is 48.5 Å². The Hall–Kier alpha value is -1.91. The molecule has 0 heterocycles. The molecular weight excluding hydrogens is 232 g/mol. The zero-order valence-corrected chi connectivity index (χ0v) is 9.95. The summed E-state index contributed by atoms with van der Waals surface area (Å²) in [6.45, 7) is 0.505. The molecule has 0 aliphatic heterocycles. The fraction of sp³-hybridized carbons (Fsp3) is 0.0667. The second-order valence-corrected chi connectivity index (χ2v) is 4.02. The van der Waals surface area contributed by atoms with E-state index in [1.807, 2.05) is 48.5 Å². The molecule has 2 aromatic carbocycles. The topological polar surface area (TPSA) is 9.23 Å². The van der Waals surface area contributed by atoms with E-state index < -0.39 is 0 Å². The van der Waals surface area contributed by atoms with Crippen molar-refractivity contribution in [3.63, 3.8) is 0 Å². The summed E-state index contributed by atoms with van der Waals surface area (Å²) in [5, 5.41) is 0.725. The van der Waals surface area contributed by atoms with Gasteiger partial charge in [0.25, 0.3) is 0 Å². The molecule has 0 atom stereocenters. The van der Waals surface area contributed by atoms with Gasteiger partial charge < -0.3 is 4.74 Å². The minimum Gasteiger partial charge on any atom is -0.489 e. The lowest BCUT2D eigenvalue weighted by molar-refractivity contribution is 0.306. The van der Waals surface area contributed by atoms with Crippen molar-refractivity contribution < 1.29 is 4.74 Å². The van der Waals surface area contributed by atoms with Gasteiger partial charge in [-0.25, -0.2) is 0 Å². The standard InChI is InChI=1S/C15H11ClO/c1-2-12-4-3-5-15(10-12)17-11-13-6-8-14(16)9-7-13/h1,3-10H,11H2. The summed E-state index contributed by atoms with van der Waals surface area (Å²) in [6.07, 6.45) is 5.32. The Morgan fingerprint density at radius 1 is 1.12 bits per heavy atom. The molecular formula is C15H11ClO. The minimum absolute atomic E-state index is 0.505. The van der Waals surface area contributed by atoms with Crippen LogP contribution >= 0.6 is 11.6 Å². The molecule has 0 saturated heterocycles. The molecule has 0 fully saturated rings. The quantitative estimate of drug-likeness (QED) is 0.742. The molecule has 2 aromatic rings. The van der Waals surface area contributed by atoms with E-state index in [1.54, 1.807) is 0 Å². The van der Waals surface area contributed by atoms with Crippen LogP contribution in [0.2, 0.25) is 5.02 Å². The zero-order valence-electron chi connectivity index (χ0n) is 9.19. The number of benzene rings is 2. The van der Waals surface area contributed by atoms with Crippen LogP contribution in [0.25, 0.3) is 0 Å². The monoisotopic (exact) mass is 242 g/mol. The first-order valence-corrected chi connectivity index (χ1v) is 5.59. The first-order chi connectivity index (χ1) is 8.28. The second-order valence-electron chi connectivity index (χ2n) is 3.59. The average Bonchev–Trinajstić information content (AvgIpc) is 2.38. The second kappa shape index (κ2) is 5.43. The van der Waals surface area contributed by atoms with Crippen LogP contribution in [-0.2, 0) is 6.61 Å². The zero-order chi connectivity index (χ0) is 12.1. The summed E-state index contributed by atoms with van der Waals surface area (Å²) in [7, 11) is 0. The molecule has 0 unspecified atom stereocenters. The van der Waals surface area contributed by atoms with Crippen molar-refractivity contribution in [2.45, 2.75) is 6.61 Å². The fourth-order valence-electron chi connectivity index (χ4n) is 1.42. The molecule has 0 aliphatic carbocycles. The highest BCUT2D eigenvalue weighted by Gasteiger charge is 1.97. The number of hydrogen-bond acceptors (Lipinski definition) is 1. The lowest BCUT2D eigenvalue weighted by Gasteiger charge is -2.06. The molecule has 0 spiro atoms. The molecule has 1 nitrogen and oxygen atoms in total. The maximum atomic E-state index is 5.81. The molecule has 0 radical (unpaired) electrons. The molecule has 84 valence electrons. The van der Waals surface area contributed by atoms with Crippen molar-refractivity contribution in [2.24, 2.45) is 0 Å². The van der Waals surface area contributed by atoms with Crippen LogP contribution in [-0.4, -0.2) is 0 Å². The first kappa shape index (κ1) is 11.6. The molecule has 2 heteroatoms. The number of ether oxygens (including phenoxy) is 1. The molecule has 0 bridgehead atoms. The Balaban J connectivity index is 2.02. The van der Waals surface area contributed by atoms with Gasteiger partial charge in [0.05, 0.1) is 0 Å². The van der Waals surface area contributed by atoms with Gasteiger partial charge in [-0.1, -0.05) is 35.7 Å². The Morgan fingerprint density at radius 2 is 1.88 bits per heavy atom. The summed E-state index contributed by atoms with van der Waals surface area (Å²) in [5.74, 6) is 3.35. The Bertz CT molecular complexity index is 538. The highest BCUT2D eigenvalue weighted by molar-refractivity contribution is 6.30. The van der Waals surface area contributed by atoms with E-state index in [-0.39, 0.29) is 0 Å². The van der Waals surface area contributed by atoms with Crippen molar-refractivity contribution in [3.8, 4) is 18.1 Å². The highest BCUT2D eigenvalue weighted by atomic mass is 35.5. The number of halogens is 1. The largest absolute Gasteiger partial charge is 0.489 e. The van der Waals surface area contributed by atoms with Gasteiger partial charge in [-0.15, -0.1) is 6.42 Å². The van der Waals surface area contributed by atoms with Crippen LogP contribution in [0.1, 0.15) is 11.1 Å². The van der Waals surface area contributed by atoms with E-state index in [1.165, 1.54) is 0 Å². The maximum Gasteiger partial charge on any atom is 0.121 e. The van der Waals surface area contributed by atoms with E-state index in [4.69, 9.17) is 22.8 Å². The average molecular weight is 243 g/mol. The van der Waals surface area contributed by atoms with Crippen molar-refractivity contribution >= 4 is 11.6 Å². The maximum absolute atomic E-state index is 5.81. The van der Waals surface area contributed by atoms with Crippen LogP contribution in [0.3, 0.4) is 0 Å². The smallest absolute Gasteiger partial charge is 0.121 e. The van der Waals surface area contributed by atoms with Gasteiger partial charge >= 0.3 is 0 Å². The van der Waals surface area contributed by atoms with E-state index in [9.17, 15) is 0 Å². The molecule has 17 heavy (non-hydrogen) atoms. The third kappa shape index (κ3) is 3.27. The molecule has 2 rings (SSSR count). The van der Waals surface area contributed by atoms with Crippen LogP contribution in [0, 0.1) is 12.3 Å². The Kier molecular flexibility index (Phi) is 3.69. The van der Waals surface area contributed by atoms with Gasteiger partial charge in [-0.2, -0.15) is 0 Å². The van der Waals surface area contributed by atoms with Gasteiger partial charge in [-0.05, 0) is 35.9 Å². The third-order valence-electron chi connectivity index (χ3n) is 2.32. The van der Waals surface area contributed by atoms with Crippen molar-refractivity contribution in [3.05, 3.63) is 64.7 Å². The van der Waals surface area contributed by atoms with Gasteiger partial charge in [0, 0.05) is 10.6 Å². The van der Waals surface area contributed by atoms with Crippen molar-refractivity contribution in [2.75, 3.05) is 0 Å². The molecule has 0 aliphatic rings. The predicted octanol–water partition coefficient (Wildman–Crippen LogP) is 3.90. The highest BCUT2D eigenvalue weighted by Crippen LogP contribution is 2.15. The third-order valence-corrected chi connectivity index (χ3v) is 2.57. The normalized spacial score (nSPS) is 9.65. The lowest BCUT2D eigenvalue weighted by Crippen LogP contribution is -1.95. The molecule has 0 saturated carbocycles. The Labute approximate surface area is 106 Å². The summed E-state index contributed by atoms with van der Waals surface area (Å²) < 4.78 is 5.64. The van der Waals surface area contributed by atoms with Gasteiger partial charge in [0.1, 0.15) is 12.4 Å². The molecule has 0 amide bonds. The molecule has 0 N–H and O–H groups in total. The minimum atomic E-state index is 0.505. The van der Waals surface area contributed by atoms with Gasteiger partial charge in [0.2, 0.25) is 0 Å². The van der Waals surface area contributed by atoms with E-state index in [0.717, 1.165) is 21.9 Å². The number of rotatable bonds is 3. The van der Waals surface area contributed by atoms with Gasteiger partial charge in [0.15, 0.2) is 0 Å². The summed E-state index contributed by atoms with van der Waals surface area (Å²) in [5.41, 5.74) is 1.89. The lowest BCUT2D eigenvalue weighted by atomic mass is 10.2.